The molecule has 7 heteroatoms. The number of amides is 1. The number of carbonyl (C=O) groups is 1. The highest BCUT2D eigenvalue weighted by molar-refractivity contribution is 5.81. The first kappa shape index (κ1) is 14.5. The Hall–Kier alpha value is -2.44. The van der Waals surface area contributed by atoms with Gasteiger partial charge in [0, 0.05) is 19.3 Å². The molecule has 116 valence electrons. The first-order valence-corrected chi connectivity index (χ1v) is 7.43. The molecule has 3 rings (SSSR count). The van der Waals surface area contributed by atoms with Crippen LogP contribution in [0.4, 0.5) is 0 Å². The first-order chi connectivity index (χ1) is 10.7. The number of ether oxygens (including phenoxy) is 1. The van der Waals surface area contributed by atoms with Crippen LogP contribution in [0.2, 0.25) is 0 Å². The number of hydrogen-bond donors (Lipinski definition) is 0. The highest BCUT2D eigenvalue weighted by atomic mass is 16.5. The Morgan fingerprint density at radius 3 is 3.09 bits per heavy atom. The molecule has 0 spiro atoms. The molecule has 2 aromatic rings. The molecule has 7 nitrogen and oxygen atoms in total. The molecule has 0 aromatic carbocycles. The van der Waals surface area contributed by atoms with E-state index in [4.69, 9.17) is 4.74 Å². The monoisotopic (exact) mass is 301 g/mol. The second-order valence-corrected chi connectivity index (χ2v) is 5.40. The number of aromatic nitrogens is 4. The highest BCUT2D eigenvalue weighted by Gasteiger charge is 2.28. The molecule has 1 saturated heterocycles. The first-order valence-electron chi connectivity index (χ1n) is 7.43. The zero-order chi connectivity index (χ0) is 15.4. The second kappa shape index (κ2) is 6.55. The van der Waals surface area contributed by atoms with Gasteiger partial charge >= 0.3 is 0 Å². The molecule has 3 heterocycles. The molecule has 0 aliphatic carbocycles. The summed E-state index contributed by atoms with van der Waals surface area (Å²) in [6.07, 6.45) is 7.94. The summed E-state index contributed by atoms with van der Waals surface area (Å²) < 4.78 is 7.49. The number of piperidine rings is 1. The molecule has 22 heavy (non-hydrogen) atoms. The number of hydrogen-bond acceptors (Lipinski definition) is 5. The van der Waals surface area contributed by atoms with E-state index in [-0.39, 0.29) is 11.9 Å². The lowest BCUT2D eigenvalue weighted by atomic mass is 10.1. The number of pyridine rings is 1. The van der Waals surface area contributed by atoms with Crippen molar-refractivity contribution >= 4 is 5.91 Å². The van der Waals surface area contributed by atoms with Gasteiger partial charge in [-0.25, -0.2) is 9.67 Å². The van der Waals surface area contributed by atoms with Gasteiger partial charge in [0.05, 0.1) is 12.2 Å². The van der Waals surface area contributed by atoms with Crippen LogP contribution in [0.1, 0.15) is 25.8 Å². The van der Waals surface area contributed by atoms with Crippen molar-refractivity contribution in [3.8, 4) is 5.75 Å². The number of rotatable bonds is 4. The summed E-state index contributed by atoms with van der Waals surface area (Å²) in [7, 11) is 0. The van der Waals surface area contributed by atoms with Crippen molar-refractivity contribution in [1.29, 1.82) is 0 Å². The van der Waals surface area contributed by atoms with E-state index in [2.05, 4.69) is 15.1 Å². The van der Waals surface area contributed by atoms with Gasteiger partial charge in [-0.15, -0.1) is 0 Å². The minimum absolute atomic E-state index is 0.00586. The van der Waals surface area contributed by atoms with Crippen LogP contribution in [-0.2, 0) is 4.79 Å². The van der Waals surface area contributed by atoms with Crippen LogP contribution >= 0.6 is 0 Å². The van der Waals surface area contributed by atoms with Crippen LogP contribution in [0.5, 0.6) is 5.75 Å². The molecule has 2 aromatic heterocycles. The number of likely N-dealkylation sites (tertiary alicyclic amines) is 1. The predicted octanol–water partition coefficient (Wildman–Crippen LogP) is 1.30. The fourth-order valence-corrected chi connectivity index (χ4v) is 2.71. The van der Waals surface area contributed by atoms with E-state index in [1.807, 2.05) is 9.58 Å². The summed E-state index contributed by atoms with van der Waals surface area (Å²) in [5.74, 6) is 0.599. The van der Waals surface area contributed by atoms with Crippen molar-refractivity contribution in [3.63, 3.8) is 0 Å². The molecule has 0 radical (unpaired) electrons. The molecule has 0 saturated carbocycles. The molecular formula is C15H19N5O2. The zero-order valence-electron chi connectivity index (χ0n) is 12.5. The molecule has 2 atom stereocenters. The van der Waals surface area contributed by atoms with Crippen molar-refractivity contribution in [1.82, 2.24) is 24.6 Å². The Kier molecular flexibility index (Phi) is 4.32. The standard InChI is InChI=1S/C15H19N5O2/c1-12(22-14-5-2-6-16-8-14)15(21)19-7-3-4-13(9-19)20-11-17-10-18-20/h2,5-6,8,10-13H,3-4,7,9H2,1H3/t12-,13+/m0/s1. The predicted molar refractivity (Wildman–Crippen MR) is 79.2 cm³/mol. The van der Waals surface area contributed by atoms with E-state index in [0.717, 1.165) is 19.4 Å². The maximum absolute atomic E-state index is 12.6. The average Bonchev–Trinajstić information content (AvgIpc) is 3.10. The minimum Gasteiger partial charge on any atom is -0.479 e. The van der Waals surface area contributed by atoms with Crippen LogP contribution in [0.3, 0.4) is 0 Å². The summed E-state index contributed by atoms with van der Waals surface area (Å²) >= 11 is 0. The van der Waals surface area contributed by atoms with Gasteiger partial charge in [-0.3, -0.25) is 9.78 Å². The molecule has 1 aliphatic rings. The average molecular weight is 301 g/mol. The third-order valence-electron chi connectivity index (χ3n) is 3.81. The Morgan fingerprint density at radius 1 is 1.45 bits per heavy atom. The summed E-state index contributed by atoms with van der Waals surface area (Å²) in [5.41, 5.74) is 0. The lowest BCUT2D eigenvalue weighted by Gasteiger charge is -2.34. The molecule has 0 bridgehead atoms. The quantitative estimate of drug-likeness (QED) is 0.851. The third kappa shape index (κ3) is 3.24. The Labute approximate surface area is 128 Å². The molecule has 0 unspecified atom stereocenters. The van der Waals surface area contributed by atoms with Crippen LogP contribution in [0.15, 0.2) is 37.2 Å². The maximum Gasteiger partial charge on any atom is 0.263 e. The van der Waals surface area contributed by atoms with Crippen molar-refractivity contribution in [2.75, 3.05) is 13.1 Å². The summed E-state index contributed by atoms with van der Waals surface area (Å²) in [6, 6.07) is 3.77. The lowest BCUT2D eigenvalue weighted by Crippen LogP contribution is -2.46. The molecular weight excluding hydrogens is 282 g/mol. The maximum atomic E-state index is 12.6. The van der Waals surface area contributed by atoms with Gasteiger partial charge in [0.25, 0.3) is 5.91 Å². The Bertz CT molecular complexity index is 602. The number of nitrogens with zero attached hydrogens (tertiary/aromatic N) is 5. The van der Waals surface area contributed by atoms with E-state index < -0.39 is 6.10 Å². The van der Waals surface area contributed by atoms with Gasteiger partial charge in [0.1, 0.15) is 18.4 Å². The van der Waals surface area contributed by atoms with Crippen LogP contribution in [0.25, 0.3) is 0 Å². The van der Waals surface area contributed by atoms with Gasteiger partial charge in [-0.2, -0.15) is 5.10 Å². The van der Waals surface area contributed by atoms with Crippen LogP contribution in [0, 0.1) is 0 Å². The van der Waals surface area contributed by atoms with Gasteiger partial charge in [0.15, 0.2) is 6.10 Å². The lowest BCUT2D eigenvalue weighted by molar-refractivity contribution is -0.139. The fraction of sp³-hybridized carbons (Fsp3) is 0.467. The summed E-state index contributed by atoms with van der Waals surface area (Å²) in [6.45, 7) is 3.17. The molecule has 1 amide bonds. The van der Waals surface area contributed by atoms with Crippen molar-refractivity contribution in [2.45, 2.75) is 31.9 Å². The van der Waals surface area contributed by atoms with Crippen molar-refractivity contribution in [2.24, 2.45) is 0 Å². The van der Waals surface area contributed by atoms with E-state index >= 15 is 0 Å². The van der Waals surface area contributed by atoms with E-state index in [0.29, 0.717) is 12.3 Å². The van der Waals surface area contributed by atoms with E-state index in [9.17, 15) is 4.79 Å². The molecule has 0 N–H and O–H groups in total. The Morgan fingerprint density at radius 2 is 2.36 bits per heavy atom. The largest absolute Gasteiger partial charge is 0.479 e. The fourth-order valence-electron chi connectivity index (χ4n) is 2.71. The molecule has 1 aliphatic heterocycles. The topological polar surface area (TPSA) is 73.1 Å². The van der Waals surface area contributed by atoms with Crippen molar-refractivity contribution < 1.29 is 9.53 Å². The van der Waals surface area contributed by atoms with Crippen LogP contribution < -0.4 is 4.74 Å². The van der Waals surface area contributed by atoms with Gasteiger partial charge in [-0.1, -0.05) is 0 Å². The summed E-state index contributed by atoms with van der Waals surface area (Å²) in [5, 5.41) is 4.17. The normalized spacial score (nSPS) is 19.7. The summed E-state index contributed by atoms with van der Waals surface area (Å²) in [4.78, 5) is 22.4. The minimum atomic E-state index is -0.529. The second-order valence-electron chi connectivity index (χ2n) is 5.40. The van der Waals surface area contributed by atoms with E-state index in [1.165, 1.54) is 6.33 Å². The van der Waals surface area contributed by atoms with Gasteiger partial charge < -0.3 is 9.64 Å². The van der Waals surface area contributed by atoms with Crippen molar-refractivity contribution in [3.05, 3.63) is 37.2 Å². The molecule has 1 fully saturated rings. The smallest absolute Gasteiger partial charge is 0.263 e. The Balaban J connectivity index is 1.61. The highest BCUT2D eigenvalue weighted by Crippen LogP contribution is 2.21. The zero-order valence-corrected chi connectivity index (χ0v) is 12.5. The van der Waals surface area contributed by atoms with Gasteiger partial charge in [0.2, 0.25) is 0 Å². The van der Waals surface area contributed by atoms with Gasteiger partial charge in [-0.05, 0) is 31.9 Å². The van der Waals surface area contributed by atoms with E-state index in [1.54, 1.807) is 37.8 Å². The SMILES string of the molecule is C[C@H](Oc1cccnc1)C(=O)N1CCC[C@@H](n2cncn2)C1. The number of carbonyl (C=O) groups excluding carboxylic acids is 1. The van der Waals surface area contributed by atoms with Crippen LogP contribution in [-0.4, -0.2) is 49.7 Å². The third-order valence-corrected chi connectivity index (χ3v) is 3.81.